The maximum atomic E-state index is 12.1. The lowest BCUT2D eigenvalue weighted by Gasteiger charge is -2.06. The third kappa shape index (κ3) is 4.32. The molecule has 0 radical (unpaired) electrons. The SMILES string of the molecule is O=C(C[C@H]1S/C(=N\N=C/c2ccc3c(c2)OCO3)NC1=O)Nc1ccccc1. The van der Waals surface area contributed by atoms with Crippen LogP contribution >= 0.6 is 11.8 Å². The van der Waals surface area contributed by atoms with E-state index < -0.39 is 5.25 Å². The molecule has 0 unspecified atom stereocenters. The Morgan fingerprint density at radius 3 is 2.89 bits per heavy atom. The average Bonchev–Trinajstić information content (AvgIpc) is 3.29. The molecule has 0 aromatic heterocycles. The van der Waals surface area contributed by atoms with Crippen LogP contribution in [0.25, 0.3) is 0 Å². The molecule has 28 heavy (non-hydrogen) atoms. The molecule has 0 aliphatic carbocycles. The van der Waals surface area contributed by atoms with Gasteiger partial charge in [0.05, 0.1) is 6.21 Å². The van der Waals surface area contributed by atoms with Gasteiger partial charge in [-0.25, -0.2) is 0 Å². The summed E-state index contributed by atoms with van der Waals surface area (Å²) in [4.78, 5) is 24.2. The van der Waals surface area contributed by atoms with Crippen LogP contribution in [-0.4, -0.2) is 35.2 Å². The molecule has 9 heteroatoms. The Morgan fingerprint density at radius 2 is 2.04 bits per heavy atom. The third-order valence-corrected chi connectivity index (χ3v) is 5.03. The lowest BCUT2D eigenvalue weighted by atomic mass is 10.2. The Balaban J connectivity index is 1.33. The van der Waals surface area contributed by atoms with Gasteiger partial charge < -0.3 is 20.1 Å². The number of fused-ring (bicyclic) bond motifs is 1. The third-order valence-electron chi connectivity index (χ3n) is 3.96. The molecule has 0 spiro atoms. The lowest BCUT2D eigenvalue weighted by molar-refractivity contribution is -0.122. The molecule has 2 aliphatic rings. The Hall–Kier alpha value is -3.33. The highest BCUT2D eigenvalue weighted by Crippen LogP contribution is 2.32. The highest BCUT2D eigenvalue weighted by atomic mass is 32.2. The van der Waals surface area contributed by atoms with Crippen molar-refractivity contribution in [2.24, 2.45) is 10.2 Å². The number of carbonyl (C=O) groups is 2. The van der Waals surface area contributed by atoms with Crippen molar-refractivity contribution < 1.29 is 19.1 Å². The van der Waals surface area contributed by atoms with Crippen LogP contribution in [0.15, 0.2) is 58.7 Å². The maximum Gasteiger partial charge on any atom is 0.240 e. The van der Waals surface area contributed by atoms with Crippen molar-refractivity contribution in [2.75, 3.05) is 12.1 Å². The zero-order chi connectivity index (χ0) is 19.3. The van der Waals surface area contributed by atoms with E-state index in [4.69, 9.17) is 9.47 Å². The number of hydrogen-bond acceptors (Lipinski definition) is 7. The molecule has 2 N–H and O–H groups in total. The first-order chi connectivity index (χ1) is 13.7. The summed E-state index contributed by atoms with van der Waals surface area (Å²) < 4.78 is 10.6. The summed E-state index contributed by atoms with van der Waals surface area (Å²) in [6.45, 7) is 0.208. The number of para-hydroxylation sites is 1. The standard InChI is InChI=1S/C19H16N4O4S/c24-17(21-13-4-2-1-3-5-13)9-16-18(25)22-19(28-16)23-20-10-12-6-7-14-15(8-12)27-11-26-14/h1-8,10,16H,9,11H2,(H,21,24)(H,22,23,25)/b20-10-/t16-/m1/s1. The summed E-state index contributed by atoms with van der Waals surface area (Å²) in [5, 5.41) is 13.2. The average molecular weight is 396 g/mol. The molecule has 2 amide bonds. The van der Waals surface area contributed by atoms with Gasteiger partial charge in [0.15, 0.2) is 16.7 Å². The van der Waals surface area contributed by atoms with E-state index in [1.165, 1.54) is 11.8 Å². The number of nitrogens with zero attached hydrogens (tertiary/aromatic N) is 2. The molecule has 4 rings (SSSR count). The van der Waals surface area contributed by atoms with Crippen LogP contribution in [0.5, 0.6) is 11.5 Å². The number of amidine groups is 1. The summed E-state index contributed by atoms with van der Waals surface area (Å²) in [7, 11) is 0. The van der Waals surface area contributed by atoms with Gasteiger partial charge in [-0.1, -0.05) is 30.0 Å². The van der Waals surface area contributed by atoms with E-state index in [1.54, 1.807) is 30.5 Å². The van der Waals surface area contributed by atoms with Crippen LogP contribution in [0.2, 0.25) is 0 Å². The number of anilines is 1. The van der Waals surface area contributed by atoms with Gasteiger partial charge in [0, 0.05) is 12.1 Å². The van der Waals surface area contributed by atoms with Crippen molar-refractivity contribution in [3.05, 3.63) is 54.1 Å². The predicted octanol–water partition coefficient (Wildman–Crippen LogP) is 2.37. The molecule has 2 aliphatic heterocycles. The maximum absolute atomic E-state index is 12.1. The second-order valence-corrected chi connectivity index (χ2v) is 7.17. The van der Waals surface area contributed by atoms with Gasteiger partial charge in [0.2, 0.25) is 18.6 Å². The molecule has 8 nitrogen and oxygen atoms in total. The normalized spacial score (nSPS) is 19.2. The smallest absolute Gasteiger partial charge is 0.240 e. The summed E-state index contributed by atoms with van der Waals surface area (Å²) in [6, 6.07) is 14.5. The zero-order valence-corrected chi connectivity index (χ0v) is 15.4. The second kappa shape index (κ2) is 8.13. The van der Waals surface area contributed by atoms with E-state index in [2.05, 4.69) is 20.8 Å². The van der Waals surface area contributed by atoms with E-state index in [0.717, 1.165) is 5.56 Å². The van der Waals surface area contributed by atoms with Crippen LogP contribution in [0, 0.1) is 0 Å². The molecule has 1 fully saturated rings. The zero-order valence-electron chi connectivity index (χ0n) is 14.6. The van der Waals surface area contributed by atoms with Crippen LogP contribution in [0.3, 0.4) is 0 Å². The van der Waals surface area contributed by atoms with Gasteiger partial charge in [0.1, 0.15) is 5.25 Å². The molecule has 1 atom stereocenters. The fraction of sp³-hybridized carbons (Fsp3) is 0.158. The predicted molar refractivity (Wildman–Crippen MR) is 107 cm³/mol. The van der Waals surface area contributed by atoms with Crippen LogP contribution < -0.4 is 20.1 Å². The first kappa shape index (κ1) is 18.1. The van der Waals surface area contributed by atoms with Crippen molar-refractivity contribution in [1.29, 1.82) is 0 Å². The second-order valence-electron chi connectivity index (χ2n) is 5.98. The number of benzene rings is 2. The number of hydrogen-bond donors (Lipinski definition) is 2. The monoisotopic (exact) mass is 396 g/mol. The highest BCUT2D eigenvalue weighted by molar-refractivity contribution is 8.15. The molecule has 2 aromatic carbocycles. The number of amides is 2. The number of thioether (sulfide) groups is 1. The number of rotatable bonds is 5. The van der Waals surface area contributed by atoms with Gasteiger partial charge in [0.25, 0.3) is 0 Å². The van der Waals surface area contributed by atoms with E-state index >= 15 is 0 Å². The summed E-state index contributed by atoms with van der Waals surface area (Å²) in [6.07, 6.45) is 1.60. The molecule has 142 valence electrons. The topological polar surface area (TPSA) is 101 Å². The van der Waals surface area contributed by atoms with Gasteiger partial charge in [-0.2, -0.15) is 5.10 Å². The van der Waals surface area contributed by atoms with Crippen molar-refractivity contribution in [3.8, 4) is 11.5 Å². The van der Waals surface area contributed by atoms with E-state index in [1.807, 2.05) is 24.3 Å². The quantitative estimate of drug-likeness (QED) is 0.597. The Kier molecular flexibility index (Phi) is 5.24. The highest BCUT2D eigenvalue weighted by Gasteiger charge is 2.32. The van der Waals surface area contributed by atoms with Gasteiger partial charge in [-0.3, -0.25) is 9.59 Å². The largest absolute Gasteiger partial charge is 0.454 e. The molecular weight excluding hydrogens is 380 g/mol. The Bertz CT molecular complexity index is 962. The van der Waals surface area contributed by atoms with Gasteiger partial charge in [-0.05, 0) is 35.9 Å². The minimum atomic E-state index is -0.539. The van der Waals surface area contributed by atoms with E-state index in [-0.39, 0.29) is 25.0 Å². The fourth-order valence-electron chi connectivity index (χ4n) is 2.63. The van der Waals surface area contributed by atoms with E-state index in [9.17, 15) is 9.59 Å². The number of nitrogens with one attached hydrogen (secondary N) is 2. The molecule has 0 bridgehead atoms. The molecule has 2 heterocycles. The van der Waals surface area contributed by atoms with Gasteiger partial charge >= 0.3 is 0 Å². The molecular formula is C19H16N4O4S. The van der Waals surface area contributed by atoms with Crippen molar-refractivity contribution in [3.63, 3.8) is 0 Å². The van der Waals surface area contributed by atoms with Crippen LogP contribution in [0.4, 0.5) is 5.69 Å². The van der Waals surface area contributed by atoms with E-state index in [0.29, 0.717) is 22.4 Å². The fourth-order valence-corrected chi connectivity index (χ4v) is 3.55. The summed E-state index contributed by atoms with van der Waals surface area (Å²) in [5.74, 6) is 0.859. The first-order valence-electron chi connectivity index (χ1n) is 8.50. The van der Waals surface area contributed by atoms with Crippen molar-refractivity contribution in [1.82, 2.24) is 5.32 Å². The number of carbonyl (C=O) groups excluding carboxylic acids is 2. The van der Waals surface area contributed by atoms with Crippen LogP contribution in [-0.2, 0) is 9.59 Å². The first-order valence-corrected chi connectivity index (χ1v) is 9.38. The molecule has 1 saturated heterocycles. The minimum absolute atomic E-state index is 0.0519. The minimum Gasteiger partial charge on any atom is -0.454 e. The van der Waals surface area contributed by atoms with Gasteiger partial charge in [-0.15, -0.1) is 5.10 Å². The molecule has 2 aromatic rings. The Morgan fingerprint density at radius 1 is 1.21 bits per heavy atom. The number of ether oxygens (including phenoxy) is 2. The van der Waals surface area contributed by atoms with Crippen molar-refractivity contribution in [2.45, 2.75) is 11.7 Å². The van der Waals surface area contributed by atoms with Crippen LogP contribution in [0.1, 0.15) is 12.0 Å². The Labute approximate surface area is 165 Å². The van der Waals surface area contributed by atoms with Crippen molar-refractivity contribution >= 4 is 40.6 Å². The summed E-state index contributed by atoms with van der Waals surface area (Å²) >= 11 is 1.18. The lowest BCUT2D eigenvalue weighted by Crippen LogP contribution is -2.28. The summed E-state index contributed by atoms with van der Waals surface area (Å²) in [5.41, 5.74) is 1.49. The molecule has 0 saturated carbocycles.